The number of sulfone groups is 1. The number of hydrogen-bond donors (Lipinski definition) is 1. The fourth-order valence-corrected chi connectivity index (χ4v) is 3.68. The molecule has 0 aliphatic rings. The Morgan fingerprint density at radius 1 is 1.00 bits per heavy atom. The van der Waals surface area contributed by atoms with Gasteiger partial charge >= 0.3 is 0 Å². The first-order chi connectivity index (χ1) is 10.00. The highest BCUT2D eigenvalue weighted by Gasteiger charge is 2.21. The lowest BCUT2D eigenvalue weighted by molar-refractivity contribution is 0.480. The van der Waals surface area contributed by atoms with Gasteiger partial charge in [0.15, 0.2) is 0 Å². The standard InChI is InChI=1S/C15H10ClNO3S/c16-10-3-5-11(6-4-10)21(19,20)14-8-7-13(18)15-12(14)2-1-9-17-15/h1-9,18H. The molecule has 6 heteroatoms. The van der Waals surface area contributed by atoms with Crippen LogP contribution in [0.5, 0.6) is 5.75 Å². The molecule has 0 aliphatic heterocycles. The second-order valence-corrected chi connectivity index (χ2v) is 6.79. The van der Waals surface area contributed by atoms with Gasteiger partial charge in [-0.3, -0.25) is 4.98 Å². The Morgan fingerprint density at radius 3 is 2.43 bits per heavy atom. The molecule has 0 saturated carbocycles. The van der Waals surface area contributed by atoms with E-state index in [4.69, 9.17) is 11.6 Å². The first-order valence-corrected chi connectivity index (χ1v) is 7.93. The van der Waals surface area contributed by atoms with Crippen LogP contribution in [0.3, 0.4) is 0 Å². The second-order valence-electron chi connectivity index (χ2n) is 4.44. The first kappa shape index (κ1) is 13.9. The highest BCUT2D eigenvalue weighted by atomic mass is 35.5. The van der Waals surface area contributed by atoms with Crippen LogP contribution in [0.25, 0.3) is 10.9 Å². The minimum absolute atomic E-state index is 0.0549. The average Bonchev–Trinajstić information content (AvgIpc) is 2.48. The smallest absolute Gasteiger partial charge is 0.207 e. The third kappa shape index (κ3) is 2.34. The monoisotopic (exact) mass is 319 g/mol. The number of pyridine rings is 1. The summed E-state index contributed by atoms with van der Waals surface area (Å²) in [6.07, 6.45) is 1.50. The molecule has 0 unspecified atom stereocenters. The number of aromatic nitrogens is 1. The van der Waals surface area contributed by atoms with Crippen molar-refractivity contribution in [2.75, 3.05) is 0 Å². The van der Waals surface area contributed by atoms with Gasteiger partial charge in [-0.05, 0) is 48.5 Å². The fourth-order valence-electron chi connectivity index (χ4n) is 2.11. The van der Waals surface area contributed by atoms with Crippen molar-refractivity contribution in [1.82, 2.24) is 4.98 Å². The van der Waals surface area contributed by atoms with Crippen LogP contribution in [0, 0.1) is 0 Å². The molecular formula is C15H10ClNO3S. The Hall–Kier alpha value is -2.11. The van der Waals surface area contributed by atoms with Gasteiger partial charge in [0.1, 0.15) is 11.3 Å². The van der Waals surface area contributed by atoms with Gasteiger partial charge in [-0.1, -0.05) is 11.6 Å². The number of halogens is 1. The SMILES string of the molecule is O=S(=O)(c1ccc(Cl)cc1)c1ccc(O)c2ncccc12. The van der Waals surface area contributed by atoms with Crippen LogP contribution in [-0.2, 0) is 9.84 Å². The molecule has 0 radical (unpaired) electrons. The number of rotatable bonds is 2. The van der Waals surface area contributed by atoms with Crippen molar-refractivity contribution in [1.29, 1.82) is 0 Å². The quantitative estimate of drug-likeness (QED) is 0.786. The molecule has 0 bridgehead atoms. The van der Waals surface area contributed by atoms with Gasteiger partial charge in [0.25, 0.3) is 0 Å². The van der Waals surface area contributed by atoms with Crippen LogP contribution < -0.4 is 0 Å². The van der Waals surface area contributed by atoms with Gasteiger partial charge in [-0.25, -0.2) is 8.42 Å². The Balaban J connectivity index is 2.29. The topological polar surface area (TPSA) is 67.3 Å². The normalized spacial score (nSPS) is 11.7. The van der Waals surface area contributed by atoms with E-state index in [1.807, 2.05) is 0 Å². The highest BCUT2D eigenvalue weighted by Crippen LogP contribution is 2.32. The van der Waals surface area contributed by atoms with Gasteiger partial charge in [-0.15, -0.1) is 0 Å². The molecule has 4 nitrogen and oxygen atoms in total. The van der Waals surface area contributed by atoms with Crippen molar-refractivity contribution in [2.24, 2.45) is 0 Å². The zero-order chi connectivity index (χ0) is 15.0. The summed E-state index contributed by atoms with van der Waals surface area (Å²) >= 11 is 5.79. The summed E-state index contributed by atoms with van der Waals surface area (Å²) in [6.45, 7) is 0. The molecule has 0 atom stereocenters. The van der Waals surface area contributed by atoms with E-state index < -0.39 is 9.84 Å². The predicted octanol–water partition coefficient (Wildman–Crippen LogP) is 3.43. The lowest BCUT2D eigenvalue weighted by atomic mass is 10.2. The van der Waals surface area contributed by atoms with Crippen molar-refractivity contribution in [2.45, 2.75) is 9.79 Å². The summed E-state index contributed by atoms with van der Waals surface area (Å²) in [7, 11) is -3.71. The number of nitrogens with zero attached hydrogens (tertiary/aromatic N) is 1. The molecule has 0 aliphatic carbocycles. The third-order valence-corrected chi connectivity index (χ3v) is 5.20. The van der Waals surface area contributed by atoms with E-state index in [-0.39, 0.29) is 21.1 Å². The van der Waals surface area contributed by atoms with E-state index in [0.29, 0.717) is 10.4 Å². The van der Waals surface area contributed by atoms with Crippen LogP contribution in [0.4, 0.5) is 0 Å². The van der Waals surface area contributed by atoms with Crippen LogP contribution in [0.1, 0.15) is 0 Å². The van der Waals surface area contributed by atoms with Crippen molar-refractivity contribution in [3.8, 4) is 5.75 Å². The van der Waals surface area contributed by atoms with Crippen molar-refractivity contribution < 1.29 is 13.5 Å². The maximum atomic E-state index is 12.7. The molecule has 1 N–H and O–H groups in total. The molecule has 3 rings (SSSR count). The molecule has 21 heavy (non-hydrogen) atoms. The zero-order valence-electron chi connectivity index (χ0n) is 10.7. The molecule has 106 valence electrons. The Morgan fingerprint density at radius 2 is 1.71 bits per heavy atom. The molecule has 2 aromatic carbocycles. The Labute approximate surface area is 126 Å². The van der Waals surface area contributed by atoms with Crippen molar-refractivity contribution in [3.05, 3.63) is 59.8 Å². The summed E-state index contributed by atoms with van der Waals surface area (Å²) < 4.78 is 25.4. The average molecular weight is 320 g/mol. The summed E-state index contributed by atoms with van der Waals surface area (Å²) in [5, 5.41) is 10.6. The molecule has 0 amide bonds. The maximum Gasteiger partial charge on any atom is 0.207 e. The molecule has 0 spiro atoms. The lowest BCUT2D eigenvalue weighted by Crippen LogP contribution is -2.03. The van der Waals surface area contributed by atoms with E-state index in [1.165, 1.54) is 42.6 Å². The summed E-state index contributed by atoms with van der Waals surface area (Å²) in [5.41, 5.74) is 0.257. The van der Waals surface area contributed by atoms with Gasteiger partial charge < -0.3 is 5.11 Å². The second kappa shape index (κ2) is 5.02. The molecule has 1 aromatic heterocycles. The molecule has 1 heterocycles. The number of aromatic hydroxyl groups is 1. The fraction of sp³-hybridized carbons (Fsp3) is 0. The van der Waals surface area contributed by atoms with Gasteiger partial charge in [0.2, 0.25) is 9.84 Å². The van der Waals surface area contributed by atoms with E-state index in [2.05, 4.69) is 4.98 Å². The van der Waals surface area contributed by atoms with Crippen LogP contribution in [0.15, 0.2) is 64.5 Å². The number of phenolic OH excluding ortho intramolecular Hbond substituents is 1. The van der Waals surface area contributed by atoms with Crippen LogP contribution >= 0.6 is 11.6 Å². The molecule has 0 saturated heterocycles. The van der Waals surface area contributed by atoms with E-state index in [9.17, 15) is 13.5 Å². The van der Waals surface area contributed by atoms with Crippen molar-refractivity contribution >= 4 is 32.3 Å². The van der Waals surface area contributed by atoms with Gasteiger partial charge in [0.05, 0.1) is 9.79 Å². The Bertz CT molecular complexity index is 921. The lowest BCUT2D eigenvalue weighted by Gasteiger charge is -2.09. The van der Waals surface area contributed by atoms with E-state index in [1.54, 1.807) is 12.1 Å². The number of fused-ring (bicyclic) bond motifs is 1. The minimum Gasteiger partial charge on any atom is -0.506 e. The van der Waals surface area contributed by atoms with Gasteiger partial charge in [0, 0.05) is 16.6 Å². The third-order valence-electron chi connectivity index (χ3n) is 3.12. The summed E-state index contributed by atoms with van der Waals surface area (Å²) in [5.74, 6) is -0.0549. The van der Waals surface area contributed by atoms with E-state index in [0.717, 1.165) is 0 Å². The van der Waals surface area contributed by atoms with Crippen molar-refractivity contribution in [3.63, 3.8) is 0 Å². The van der Waals surface area contributed by atoms with Crippen LogP contribution in [-0.4, -0.2) is 18.5 Å². The number of phenols is 1. The minimum atomic E-state index is -3.71. The van der Waals surface area contributed by atoms with E-state index >= 15 is 0 Å². The number of hydrogen-bond acceptors (Lipinski definition) is 4. The van der Waals surface area contributed by atoms with Crippen LogP contribution in [0.2, 0.25) is 5.02 Å². The van der Waals surface area contributed by atoms with Gasteiger partial charge in [-0.2, -0.15) is 0 Å². The Kier molecular flexibility index (Phi) is 3.31. The highest BCUT2D eigenvalue weighted by molar-refractivity contribution is 7.91. The largest absolute Gasteiger partial charge is 0.506 e. The summed E-state index contributed by atoms with van der Waals surface area (Å²) in [6, 6.07) is 11.9. The first-order valence-electron chi connectivity index (χ1n) is 6.07. The summed E-state index contributed by atoms with van der Waals surface area (Å²) in [4.78, 5) is 4.27. The zero-order valence-corrected chi connectivity index (χ0v) is 12.3. The molecule has 0 fully saturated rings. The molecular weight excluding hydrogens is 310 g/mol. The maximum absolute atomic E-state index is 12.7. The molecule has 3 aromatic rings. The predicted molar refractivity (Wildman–Crippen MR) is 80.3 cm³/mol. The number of benzene rings is 2.